The molecule has 0 aromatic heterocycles. The number of carbonyl (C=O) groups is 3. The zero-order chi connectivity index (χ0) is 20.0. The van der Waals surface area contributed by atoms with Crippen molar-refractivity contribution in [2.75, 3.05) is 18.5 Å². The highest BCUT2D eigenvalue weighted by Crippen LogP contribution is 2.21. The molecule has 0 fully saturated rings. The van der Waals surface area contributed by atoms with Crippen molar-refractivity contribution < 1.29 is 23.5 Å². The molecule has 2 aromatic rings. The van der Waals surface area contributed by atoms with Gasteiger partial charge in [0, 0.05) is 5.69 Å². The van der Waals surface area contributed by atoms with E-state index in [0.29, 0.717) is 5.69 Å². The molecular weight excluding hydrogens is 351 g/mol. The topological polar surface area (TPSA) is 84.5 Å². The predicted molar refractivity (Wildman–Crippen MR) is 99.0 cm³/mol. The molecule has 0 aliphatic heterocycles. The fraction of sp³-hybridized carbons (Fsp3) is 0.250. The second-order valence-corrected chi connectivity index (χ2v) is 6.15. The maximum Gasteiger partial charge on any atom is 0.325 e. The molecule has 2 amide bonds. The van der Waals surface area contributed by atoms with Gasteiger partial charge in [0.05, 0.1) is 5.56 Å². The van der Waals surface area contributed by atoms with Gasteiger partial charge in [-0.2, -0.15) is 0 Å². The lowest BCUT2D eigenvalue weighted by Crippen LogP contribution is -2.32. The number of amides is 2. The summed E-state index contributed by atoms with van der Waals surface area (Å²) in [5, 5.41) is 4.96. The van der Waals surface area contributed by atoms with Crippen molar-refractivity contribution in [2.45, 2.75) is 20.8 Å². The minimum absolute atomic E-state index is 0.173. The second-order valence-electron chi connectivity index (χ2n) is 6.15. The zero-order valence-electron chi connectivity index (χ0n) is 15.4. The van der Waals surface area contributed by atoms with Crippen molar-refractivity contribution in [2.24, 2.45) is 0 Å². The van der Waals surface area contributed by atoms with Gasteiger partial charge in [0.25, 0.3) is 11.8 Å². The number of ether oxygens (including phenoxy) is 1. The fourth-order valence-corrected chi connectivity index (χ4v) is 2.64. The summed E-state index contributed by atoms with van der Waals surface area (Å²) in [7, 11) is 0. The van der Waals surface area contributed by atoms with Crippen LogP contribution >= 0.6 is 0 Å². The van der Waals surface area contributed by atoms with E-state index in [1.165, 1.54) is 18.2 Å². The smallest absolute Gasteiger partial charge is 0.325 e. The van der Waals surface area contributed by atoms with Crippen molar-refractivity contribution >= 4 is 23.5 Å². The van der Waals surface area contributed by atoms with Gasteiger partial charge < -0.3 is 15.4 Å². The van der Waals surface area contributed by atoms with E-state index in [-0.39, 0.29) is 5.56 Å². The van der Waals surface area contributed by atoms with E-state index in [0.717, 1.165) is 22.8 Å². The summed E-state index contributed by atoms with van der Waals surface area (Å²) in [5.41, 5.74) is 3.40. The molecule has 0 radical (unpaired) electrons. The highest BCUT2D eigenvalue weighted by molar-refractivity contribution is 5.97. The van der Waals surface area contributed by atoms with E-state index in [4.69, 9.17) is 4.74 Å². The van der Waals surface area contributed by atoms with Gasteiger partial charge >= 0.3 is 5.97 Å². The van der Waals surface area contributed by atoms with E-state index >= 15 is 0 Å². The molecule has 0 bridgehead atoms. The van der Waals surface area contributed by atoms with Gasteiger partial charge in [-0.15, -0.1) is 0 Å². The lowest BCUT2D eigenvalue weighted by Gasteiger charge is -2.13. The van der Waals surface area contributed by atoms with Crippen LogP contribution in [0.3, 0.4) is 0 Å². The van der Waals surface area contributed by atoms with Gasteiger partial charge in [-0.05, 0) is 44.0 Å². The molecule has 2 aromatic carbocycles. The van der Waals surface area contributed by atoms with Gasteiger partial charge in [0.2, 0.25) is 0 Å². The molecule has 27 heavy (non-hydrogen) atoms. The van der Waals surface area contributed by atoms with E-state index in [1.807, 2.05) is 32.9 Å². The largest absolute Gasteiger partial charge is 0.454 e. The molecule has 2 N–H and O–H groups in total. The van der Waals surface area contributed by atoms with Crippen molar-refractivity contribution in [1.82, 2.24) is 5.32 Å². The van der Waals surface area contributed by atoms with Gasteiger partial charge in [-0.25, -0.2) is 4.39 Å². The number of nitrogens with one attached hydrogen (secondary N) is 2. The molecule has 0 aliphatic carbocycles. The Kier molecular flexibility index (Phi) is 6.65. The Bertz CT molecular complexity index is 857. The molecule has 0 spiro atoms. The van der Waals surface area contributed by atoms with Gasteiger partial charge in [0.1, 0.15) is 12.4 Å². The molecule has 7 heteroatoms. The molecule has 0 saturated heterocycles. The van der Waals surface area contributed by atoms with Gasteiger partial charge in [-0.3, -0.25) is 14.4 Å². The van der Waals surface area contributed by atoms with Crippen molar-refractivity contribution in [1.29, 1.82) is 0 Å². The Balaban J connectivity index is 1.81. The average molecular weight is 372 g/mol. The number of halogens is 1. The third-order valence-electron chi connectivity index (χ3n) is 3.82. The molecular formula is C20H21FN2O4. The first kappa shape index (κ1) is 20.1. The van der Waals surface area contributed by atoms with Crippen molar-refractivity contribution in [3.63, 3.8) is 0 Å². The van der Waals surface area contributed by atoms with E-state index in [1.54, 1.807) is 0 Å². The lowest BCUT2D eigenvalue weighted by molar-refractivity contribution is -0.146. The van der Waals surface area contributed by atoms with E-state index < -0.39 is 36.8 Å². The Morgan fingerprint density at radius 2 is 1.67 bits per heavy atom. The monoisotopic (exact) mass is 372 g/mol. The van der Waals surface area contributed by atoms with Crippen LogP contribution in [0, 0.1) is 26.6 Å². The Hall–Kier alpha value is -3.22. The molecule has 6 nitrogen and oxygen atoms in total. The summed E-state index contributed by atoms with van der Waals surface area (Å²) in [6.07, 6.45) is 0. The van der Waals surface area contributed by atoms with Gasteiger partial charge in [0.15, 0.2) is 6.61 Å². The van der Waals surface area contributed by atoms with Crippen molar-refractivity contribution in [3.05, 3.63) is 64.5 Å². The third kappa shape index (κ3) is 5.64. The normalized spacial score (nSPS) is 10.2. The molecule has 2 rings (SSSR count). The van der Waals surface area contributed by atoms with Crippen LogP contribution in [-0.2, 0) is 14.3 Å². The number of carbonyl (C=O) groups excluding carboxylic acids is 3. The zero-order valence-corrected chi connectivity index (χ0v) is 15.4. The van der Waals surface area contributed by atoms with Crippen LogP contribution in [0.1, 0.15) is 27.0 Å². The number of anilines is 1. The number of benzene rings is 2. The SMILES string of the molecule is Cc1cc(C)c(NC(=O)COC(=O)CNC(=O)c2ccccc2F)c(C)c1. The Morgan fingerprint density at radius 3 is 2.30 bits per heavy atom. The average Bonchev–Trinajstić information content (AvgIpc) is 2.61. The molecule has 0 heterocycles. The molecule has 0 saturated carbocycles. The first-order valence-corrected chi connectivity index (χ1v) is 8.34. The van der Waals surface area contributed by atoms with Gasteiger partial charge in [-0.1, -0.05) is 29.8 Å². The first-order chi connectivity index (χ1) is 12.8. The number of hydrogen-bond donors (Lipinski definition) is 2. The third-order valence-corrected chi connectivity index (χ3v) is 3.82. The van der Waals surface area contributed by atoms with Crippen molar-refractivity contribution in [3.8, 4) is 0 Å². The van der Waals surface area contributed by atoms with Crippen LogP contribution in [0.4, 0.5) is 10.1 Å². The van der Waals surface area contributed by atoms with Crippen LogP contribution < -0.4 is 10.6 Å². The summed E-state index contributed by atoms with van der Waals surface area (Å²) < 4.78 is 18.3. The standard InChI is InChI=1S/C20H21FN2O4/c1-12-8-13(2)19(14(3)9-12)23-17(24)11-27-18(25)10-22-20(26)15-6-4-5-7-16(15)21/h4-9H,10-11H2,1-3H3,(H,22,26)(H,23,24). The summed E-state index contributed by atoms with van der Waals surface area (Å²) in [4.78, 5) is 35.5. The summed E-state index contributed by atoms with van der Waals surface area (Å²) >= 11 is 0. The lowest BCUT2D eigenvalue weighted by atomic mass is 10.1. The van der Waals surface area contributed by atoms with Crippen LogP contribution in [0.25, 0.3) is 0 Å². The maximum atomic E-state index is 13.5. The highest BCUT2D eigenvalue weighted by atomic mass is 19.1. The predicted octanol–water partition coefficient (Wildman–Crippen LogP) is 2.66. The number of rotatable bonds is 6. The maximum absolute atomic E-state index is 13.5. The van der Waals surface area contributed by atoms with Crippen LogP contribution in [0.5, 0.6) is 0 Å². The summed E-state index contributed by atoms with van der Waals surface area (Å²) in [5.74, 6) is -2.71. The minimum Gasteiger partial charge on any atom is -0.454 e. The van der Waals surface area contributed by atoms with E-state index in [2.05, 4.69) is 10.6 Å². The number of aryl methyl sites for hydroxylation is 3. The molecule has 0 aliphatic rings. The molecule has 0 unspecified atom stereocenters. The minimum atomic E-state index is -0.799. The number of hydrogen-bond acceptors (Lipinski definition) is 4. The second kappa shape index (κ2) is 8.93. The summed E-state index contributed by atoms with van der Waals surface area (Å²) in [6, 6.07) is 9.29. The Morgan fingerprint density at radius 1 is 1.04 bits per heavy atom. The summed E-state index contributed by atoms with van der Waals surface area (Å²) in [6.45, 7) is 4.76. The van der Waals surface area contributed by atoms with Crippen LogP contribution in [0.15, 0.2) is 36.4 Å². The first-order valence-electron chi connectivity index (χ1n) is 8.34. The van der Waals surface area contributed by atoms with E-state index in [9.17, 15) is 18.8 Å². The molecule has 142 valence electrons. The quantitative estimate of drug-likeness (QED) is 0.764. The fourth-order valence-electron chi connectivity index (χ4n) is 2.64. The molecule has 0 atom stereocenters. The number of esters is 1. The highest BCUT2D eigenvalue weighted by Gasteiger charge is 2.14. The van der Waals surface area contributed by atoms with Crippen LogP contribution in [-0.4, -0.2) is 30.9 Å². The Labute approximate surface area is 156 Å². The van der Waals surface area contributed by atoms with Crippen LogP contribution in [0.2, 0.25) is 0 Å².